The van der Waals surface area contributed by atoms with E-state index in [9.17, 15) is 4.79 Å². The van der Waals surface area contributed by atoms with Crippen molar-refractivity contribution in [1.29, 1.82) is 0 Å². The van der Waals surface area contributed by atoms with Crippen LogP contribution >= 0.6 is 11.6 Å². The minimum absolute atomic E-state index is 0.271. The molecular weight excluding hydrogens is 362 g/mol. The number of ether oxygens (including phenoxy) is 1. The van der Waals surface area contributed by atoms with E-state index >= 15 is 0 Å². The van der Waals surface area contributed by atoms with Gasteiger partial charge in [0.2, 0.25) is 0 Å². The van der Waals surface area contributed by atoms with Crippen molar-refractivity contribution >= 4 is 34.1 Å². The number of fused-ring (bicyclic) bond motifs is 1. The number of nitrogens with zero attached hydrogens (tertiary/aromatic N) is 1. The van der Waals surface area contributed by atoms with E-state index in [2.05, 4.69) is 15.5 Å². The molecule has 3 aromatic carbocycles. The number of carbonyl (C=O) groups excluding carboxylic acids is 1. The summed E-state index contributed by atoms with van der Waals surface area (Å²) in [5.74, 6) is 1.07. The first-order chi connectivity index (χ1) is 13.1. The van der Waals surface area contributed by atoms with Crippen LogP contribution in [0, 0.1) is 6.92 Å². The topological polar surface area (TPSA) is 67.0 Å². The van der Waals surface area contributed by atoms with Gasteiger partial charge in [-0.1, -0.05) is 29.8 Å². The van der Waals surface area contributed by atoms with Gasteiger partial charge in [-0.3, -0.25) is 9.89 Å². The van der Waals surface area contributed by atoms with Gasteiger partial charge < -0.3 is 10.1 Å². The fraction of sp³-hybridized carbons (Fsp3) is 0.0476. The maximum absolute atomic E-state index is 12.4. The molecule has 1 amide bonds. The van der Waals surface area contributed by atoms with Crippen LogP contribution in [0.5, 0.6) is 11.5 Å². The summed E-state index contributed by atoms with van der Waals surface area (Å²) in [6.07, 6.45) is 1.77. The summed E-state index contributed by atoms with van der Waals surface area (Å²) >= 11 is 6.09. The molecule has 0 aliphatic carbocycles. The molecule has 4 aromatic rings. The first kappa shape index (κ1) is 17.1. The van der Waals surface area contributed by atoms with Crippen molar-refractivity contribution in [2.45, 2.75) is 6.92 Å². The Morgan fingerprint density at radius 1 is 1.11 bits per heavy atom. The molecule has 0 bridgehead atoms. The lowest BCUT2D eigenvalue weighted by Gasteiger charge is -2.11. The predicted octanol–water partition coefficient (Wildman–Crippen LogP) is 5.57. The number of aryl methyl sites for hydroxylation is 1. The minimum Gasteiger partial charge on any atom is -0.457 e. The van der Waals surface area contributed by atoms with Crippen molar-refractivity contribution in [1.82, 2.24) is 10.2 Å². The Morgan fingerprint density at radius 3 is 2.81 bits per heavy atom. The fourth-order valence-corrected chi connectivity index (χ4v) is 3.02. The molecule has 5 nitrogen and oxygen atoms in total. The van der Waals surface area contributed by atoms with E-state index in [1.807, 2.05) is 31.2 Å². The first-order valence-corrected chi connectivity index (χ1v) is 8.75. The van der Waals surface area contributed by atoms with E-state index in [0.29, 0.717) is 22.0 Å². The van der Waals surface area contributed by atoms with Crippen molar-refractivity contribution in [3.05, 3.63) is 83.0 Å². The number of amides is 1. The number of halogens is 1. The highest BCUT2D eigenvalue weighted by Gasteiger charge is 2.11. The number of nitrogens with one attached hydrogen (secondary N) is 2. The molecule has 0 aliphatic rings. The van der Waals surface area contributed by atoms with Crippen molar-refractivity contribution in [2.75, 3.05) is 5.32 Å². The summed E-state index contributed by atoms with van der Waals surface area (Å²) in [6, 6.07) is 18.1. The van der Waals surface area contributed by atoms with Crippen LogP contribution in [0.4, 0.5) is 5.69 Å². The summed E-state index contributed by atoms with van der Waals surface area (Å²) in [6.45, 7) is 1.98. The van der Waals surface area contributed by atoms with Gasteiger partial charge in [0, 0.05) is 23.2 Å². The zero-order valence-electron chi connectivity index (χ0n) is 14.5. The van der Waals surface area contributed by atoms with Gasteiger partial charge in [-0.2, -0.15) is 5.10 Å². The summed E-state index contributed by atoms with van der Waals surface area (Å²) in [5, 5.41) is 11.3. The van der Waals surface area contributed by atoms with Gasteiger partial charge in [-0.25, -0.2) is 0 Å². The van der Waals surface area contributed by atoms with Gasteiger partial charge in [0.1, 0.15) is 11.5 Å². The molecule has 1 aromatic heterocycles. The fourth-order valence-electron chi connectivity index (χ4n) is 2.80. The molecule has 0 saturated carbocycles. The molecule has 134 valence electrons. The molecule has 6 heteroatoms. The number of benzene rings is 3. The van der Waals surface area contributed by atoms with Gasteiger partial charge in [-0.15, -0.1) is 0 Å². The van der Waals surface area contributed by atoms with Crippen LogP contribution in [0.25, 0.3) is 10.9 Å². The number of hydrogen-bond acceptors (Lipinski definition) is 3. The van der Waals surface area contributed by atoms with Crippen molar-refractivity contribution in [2.24, 2.45) is 0 Å². The molecule has 4 rings (SSSR count). The molecule has 0 spiro atoms. The Labute approximate surface area is 160 Å². The number of aromatic amines is 1. The largest absolute Gasteiger partial charge is 0.457 e. The van der Waals surface area contributed by atoms with Crippen LogP contribution in [0.2, 0.25) is 5.02 Å². The Hall–Kier alpha value is -3.31. The third-order valence-electron chi connectivity index (χ3n) is 4.17. The summed E-state index contributed by atoms with van der Waals surface area (Å²) in [4.78, 5) is 12.4. The van der Waals surface area contributed by atoms with E-state index in [1.165, 1.54) is 0 Å². The highest BCUT2D eigenvalue weighted by atomic mass is 35.5. The predicted molar refractivity (Wildman–Crippen MR) is 107 cm³/mol. The Kier molecular flexibility index (Phi) is 4.52. The number of carbonyl (C=O) groups is 1. The average molecular weight is 378 g/mol. The quantitative estimate of drug-likeness (QED) is 0.488. The Balaban J connectivity index is 1.56. The van der Waals surface area contributed by atoms with Crippen molar-refractivity contribution < 1.29 is 9.53 Å². The average Bonchev–Trinajstić information content (AvgIpc) is 3.09. The molecule has 2 N–H and O–H groups in total. The van der Waals surface area contributed by atoms with Gasteiger partial charge in [0.15, 0.2) is 0 Å². The molecular formula is C21H16ClN3O2. The molecule has 0 aliphatic heterocycles. The third-order valence-corrected chi connectivity index (χ3v) is 4.50. The second kappa shape index (κ2) is 7.13. The van der Waals surface area contributed by atoms with Crippen LogP contribution in [-0.4, -0.2) is 16.1 Å². The monoisotopic (exact) mass is 377 g/mol. The van der Waals surface area contributed by atoms with Gasteiger partial charge in [0.25, 0.3) is 5.91 Å². The second-order valence-corrected chi connectivity index (χ2v) is 6.55. The Morgan fingerprint density at radius 2 is 1.96 bits per heavy atom. The lowest BCUT2D eigenvalue weighted by atomic mass is 10.1. The van der Waals surface area contributed by atoms with E-state index in [0.717, 1.165) is 22.2 Å². The van der Waals surface area contributed by atoms with Crippen LogP contribution < -0.4 is 10.1 Å². The number of aromatic nitrogens is 2. The molecule has 0 fully saturated rings. The number of hydrogen-bond donors (Lipinski definition) is 2. The second-order valence-electron chi connectivity index (χ2n) is 6.14. The van der Waals surface area contributed by atoms with Crippen LogP contribution in [0.3, 0.4) is 0 Å². The normalized spacial score (nSPS) is 10.7. The van der Waals surface area contributed by atoms with Crippen LogP contribution in [0.1, 0.15) is 15.9 Å². The first-order valence-electron chi connectivity index (χ1n) is 8.38. The molecule has 1 heterocycles. The van der Waals surface area contributed by atoms with Gasteiger partial charge in [-0.05, 0) is 42.8 Å². The molecule has 0 saturated heterocycles. The van der Waals surface area contributed by atoms with Crippen molar-refractivity contribution in [3.63, 3.8) is 0 Å². The Bertz CT molecular complexity index is 1140. The van der Waals surface area contributed by atoms with Gasteiger partial charge in [0.05, 0.1) is 22.3 Å². The molecule has 0 unspecified atom stereocenters. The molecule has 0 atom stereocenters. The molecule has 27 heavy (non-hydrogen) atoms. The van der Waals surface area contributed by atoms with Gasteiger partial charge >= 0.3 is 0 Å². The highest BCUT2D eigenvalue weighted by molar-refractivity contribution is 6.34. The summed E-state index contributed by atoms with van der Waals surface area (Å²) < 4.78 is 6.01. The maximum Gasteiger partial charge on any atom is 0.257 e. The standard InChI is InChI=1S/C21H16ClN3O2/c1-13-9-14-12-23-25-19(14)11-20(13)27-16-6-4-5-15(10-16)24-21(26)17-7-2-3-8-18(17)22/h2-12H,1H3,(H,23,25)(H,24,26). The van der Waals surface area contributed by atoms with E-state index < -0.39 is 0 Å². The zero-order chi connectivity index (χ0) is 18.8. The van der Waals surface area contributed by atoms with E-state index in [4.69, 9.17) is 16.3 Å². The van der Waals surface area contributed by atoms with Crippen molar-refractivity contribution in [3.8, 4) is 11.5 Å². The lowest BCUT2D eigenvalue weighted by molar-refractivity contribution is 0.102. The zero-order valence-corrected chi connectivity index (χ0v) is 15.2. The van der Waals surface area contributed by atoms with Crippen LogP contribution in [-0.2, 0) is 0 Å². The number of rotatable bonds is 4. The van der Waals surface area contributed by atoms with E-state index in [-0.39, 0.29) is 5.91 Å². The summed E-state index contributed by atoms with van der Waals surface area (Å²) in [7, 11) is 0. The third kappa shape index (κ3) is 3.64. The lowest BCUT2D eigenvalue weighted by Crippen LogP contribution is -2.12. The smallest absolute Gasteiger partial charge is 0.257 e. The minimum atomic E-state index is -0.271. The highest BCUT2D eigenvalue weighted by Crippen LogP contribution is 2.30. The number of anilines is 1. The SMILES string of the molecule is Cc1cc2cn[nH]c2cc1Oc1cccc(NC(=O)c2ccccc2Cl)c1. The maximum atomic E-state index is 12.4. The molecule has 0 radical (unpaired) electrons. The summed E-state index contributed by atoms with van der Waals surface area (Å²) in [5.41, 5.74) is 2.94. The van der Waals surface area contributed by atoms with E-state index in [1.54, 1.807) is 42.6 Å². The number of H-pyrrole nitrogens is 1. The van der Waals surface area contributed by atoms with Crippen LogP contribution in [0.15, 0.2) is 66.9 Å².